The quantitative estimate of drug-likeness (QED) is 0.927. The molecule has 0 unspecified atom stereocenters. The van der Waals surface area contributed by atoms with Crippen LogP contribution in [0.5, 0.6) is 0 Å². The number of carbonyl (C=O) groups excluding carboxylic acids is 1. The first-order valence-electron chi connectivity index (χ1n) is 7.37. The van der Waals surface area contributed by atoms with E-state index in [2.05, 4.69) is 27.7 Å². The number of thiazole rings is 1. The van der Waals surface area contributed by atoms with Crippen LogP contribution in [0.4, 0.5) is 5.13 Å². The highest BCUT2D eigenvalue weighted by molar-refractivity contribution is 7.14. The molecule has 0 aliphatic carbocycles. The Kier molecular flexibility index (Phi) is 3.15. The Labute approximate surface area is 127 Å². The Hall–Kier alpha value is -1.88. The summed E-state index contributed by atoms with van der Waals surface area (Å²) >= 11 is 1.68. The minimum atomic E-state index is 0.173. The maximum atomic E-state index is 11.7. The van der Waals surface area contributed by atoms with Crippen molar-refractivity contribution in [3.8, 4) is 11.3 Å². The summed E-state index contributed by atoms with van der Waals surface area (Å²) < 4.78 is 0. The van der Waals surface area contributed by atoms with Crippen molar-refractivity contribution in [1.29, 1.82) is 0 Å². The summed E-state index contributed by atoms with van der Waals surface area (Å²) in [4.78, 5) is 18.9. The number of aromatic nitrogens is 1. The van der Waals surface area contributed by atoms with Crippen molar-refractivity contribution in [2.45, 2.75) is 31.3 Å². The smallest absolute Gasteiger partial charge is 0.222 e. The summed E-state index contributed by atoms with van der Waals surface area (Å²) in [6.07, 6.45) is 2.83. The van der Waals surface area contributed by atoms with Gasteiger partial charge in [-0.1, -0.05) is 30.3 Å². The predicted molar refractivity (Wildman–Crippen MR) is 84.5 cm³/mol. The highest BCUT2D eigenvalue weighted by Crippen LogP contribution is 2.36. The molecule has 1 N–H and O–H groups in total. The van der Waals surface area contributed by atoms with Crippen LogP contribution >= 0.6 is 11.3 Å². The number of fused-ring (bicyclic) bond motifs is 2. The molecule has 1 aromatic carbocycles. The summed E-state index contributed by atoms with van der Waals surface area (Å²) in [7, 11) is 0. The lowest BCUT2D eigenvalue weighted by Crippen LogP contribution is -2.38. The lowest BCUT2D eigenvalue weighted by molar-refractivity contribution is -0.121. The van der Waals surface area contributed by atoms with Crippen LogP contribution < -0.4 is 10.2 Å². The molecular weight excluding hydrogens is 282 g/mol. The number of anilines is 1. The molecule has 0 spiro atoms. The topological polar surface area (TPSA) is 45.2 Å². The molecule has 0 radical (unpaired) electrons. The van der Waals surface area contributed by atoms with E-state index in [1.165, 1.54) is 0 Å². The van der Waals surface area contributed by atoms with Crippen molar-refractivity contribution in [3.05, 3.63) is 35.7 Å². The van der Waals surface area contributed by atoms with E-state index in [-0.39, 0.29) is 5.91 Å². The monoisotopic (exact) mass is 299 g/mol. The molecule has 5 heteroatoms. The van der Waals surface area contributed by atoms with Crippen LogP contribution in [0.25, 0.3) is 11.3 Å². The molecule has 0 saturated carbocycles. The molecule has 3 heterocycles. The second-order valence-corrected chi connectivity index (χ2v) is 6.52. The van der Waals surface area contributed by atoms with Gasteiger partial charge in [-0.15, -0.1) is 11.3 Å². The third kappa shape index (κ3) is 2.31. The number of carbonyl (C=O) groups is 1. The fourth-order valence-electron chi connectivity index (χ4n) is 3.32. The molecule has 1 amide bonds. The van der Waals surface area contributed by atoms with Crippen molar-refractivity contribution in [1.82, 2.24) is 10.3 Å². The molecule has 2 fully saturated rings. The third-order valence-corrected chi connectivity index (χ3v) is 5.21. The maximum absolute atomic E-state index is 11.7. The van der Waals surface area contributed by atoms with Gasteiger partial charge in [0.25, 0.3) is 0 Å². The zero-order valence-corrected chi connectivity index (χ0v) is 12.5. The minimum Gasteiger partial charge on any atom is -0.354 e. The van der Waals surface area contributed by atoms with Crippen LogP contribution in [0.3, 0.4) is 0 Å². The van der Waals surface area contributed by atoms with Gasteiger partial charge in [-0.3, -0.25) is 4.79 Å². The highest BCUT2D eigenvalue weighted by Gasteiger charge is 2.38. The van der Waals surface area contributed by atoms with Gasteiger partial charge in [0.05, 0.1) is 5.69 Å². The van der Waals surface area contributed by atoms with E-state index in [4.69, 9.17) is 4.98 Å². The van der Waals surface area contributed by atoms with Gasteiger partial charge in [0, 0.05) is 36.0 Å². The van der Waals surface area contributed by atoms with E-state index < -0.39 is 0 Å². The van der Waals surface area contributed by atoms with E-state index in [0.29, 0.717) is 18.5 Å². The number of amides is 1. The van der Waals surface area contributed by atoms with Gasteiger partial charge in [0.2, 0.25) is 5.91 Å². The second-order valence-electron chi connectivity index (χ2n) is 5.68. The van der Waals surface area contributed by atoms with Gasteiger partial charge in [-0.2, -0.15) is 0 Å². The second kappa shape index (κ2) is 5.15. The Morgan fingerprint density at radius 3 is 2.86 bits per heavy atom. The molecule has 2 aromatic rings. The van der Waals surface area contributed by atoms with Crippen molar-refractivity contribution in [3.63, 3.8) is 0 Å². The van der Waals surface area contributed by atoms with Gasteiger partial charge in [-0.25, -0.2) is 4.98 Å². The van der Waals surface area contributed by atoms with E-state index in [1.807, 2.05) is 18.2 Å². The molecule has 2 bridgehead atoms. The largest absolute Gasteiger partial charge is 0.354 e. The number of hydrogen-bond donors (Lipinski definition) is 1. The van der Waals surface area contributed by atoms with E-state index in [9.17, 15) is 4.79 Å². The molecule has 4 nitrogen and oxygen atoms in total. The highest BCUT2D eigenvalue weighted by atomic mass is 32.1. The fraction of sp³-hybridized carbons (Fsp3) is 0.375. The molecule has 2 aliphatic heterocycles. The van der Waals surface area contributed by atoms with Crippen molar-refractivity contribution in [2.75, 3.05) is 11.4 Å². The van der Waals surface area contributed by atoms with Crippen molar-refractivity contribution in [2.24, 2.45) is 0 Å². The van der Waals surface area contributed by atoms with Crippen LogP contribution in [-0.2, 0) is 4.79 Å². The summed E-state index contributed by atoms with van der Waals surface area (Å²) in [5.41, 5.74) is 2.18. The SMILES string of the molecule is O=C1C[C@H]2CC[C@@H](CN1)N2c1nc(-c2ccccc2)cs1. The minimum absolute atomic E-state index is 0.173. The lowest BCUT2D eigenvalue weighted by Gasteiger charge is -2.26. The van der Waals surface area contributed by atoms with Crippen molar-refractivity contribution >= 4 is 22.4 Å². The van der Waals surface area contributed by atoms with Gasteiger partial charge in [0.15, 0.2) is 5.13 Å². The van der Waals surface area contributed by atoms with Crippen LogP contribution in [0.2, 0.25) is 0 Å². The zero-order valence-electron chi connectivity index (χ0n) is 11.7. The first kappa shape index (κ1) is 12.8. The Bertz CT molecular complexity index is 655. The Balaban J connectivity index is 1.65. The van der Waals surface area contributed by atoms with Crippen LogP contribution in [0.1, 0.15) is 19.3 Å². The first-order valence-corrected chi connectivity index (χ1v) is 8.25. The summed E-state index contributed by atoms with van der Waals surface area (Å²) in [6.45, 7) is 0.746. The molecule has 4 rings (SSSR count). The van der Waals surface area contributed by atoms with E-state index in [1.54, 1.807) is 11.3 Å². The first-order chi connectivity index (χ1) is 10.3. The maximum Gasteiger partial charge on any atom is 0.222 e. The summed E-state index contributed by atoms with van der Waals surface area (Å²) in [6, 6.07) is 11.0. The Morgan fingerprint density at radius 2 is 2.00 bits per heavy atom. The summed E-state index contributed by atoms with van der Waals surface area (Å²) in [5.74, 6) is 0.173. The molecule has 2 saturated heterocycles. The van der Waals surface area contributed by atoms with Crippen LogP contribution in [0, 0.1) is 0 Å². The van der Waals surface area contributed by atoms with Gasteiger partial charge in [-0.05, 0) is 12.8 Å². The Morgan fingerprint density at radius 1 is 1.19 bits per heavy atom. The van der Waals surface area contributed by atoms with Crippen LogP contribution in [0.15, 0.2) is 35.7 Å². The van der Waals surface area contributed by atoms with Crippen LogP contribution in [-0.4, -0.2) is 29.5 Å². The van der Waals surface area contributed by atoms with Gasteiger partial charge < -0.3 is 10.2 Å². The lowest BCUT2D eigenvalue weighted by atomic mass is 10.1. The zero-order chi connectivity index (χ0) is 14.2. The molecule has 21 heavy (non-hydrogen) atoms. The normalized spacial score (nSPS) is 24.8. The predicted octanol–water partition coefficient (Wildman–Crippen LogP) is 2.67. The van der Waals surface area contributed by atoms with E-state index >= 15 is 0 Å². The average molecular weight is 299 g/mol. The molecule has 2 atom stereocenters. The molecule has 1 aromatic heterocycles. The number of hydrogen-bond acceptors (Lipinski definition) is 4. The summed E-state index contributed by atoms with van der Waals surface area (Å²) in [5, 5.41) is 6.18. The number of rotatable bonds is 2. The molecular formula is C16H17N3OS. The van der Waals surface area contributed by atoms with E-state index in [0.717, 1.165) is 35.8 Å². The molecule has 108 valence electrons. The standard InChI is InChI=1S/C16H17N3OS/c20-15-8-12-6-7-13(9-17-15)19(12)16-18-14(10-21-16)11-4-2-1-3-5-11/h1-5,10,12-13H,6-9H2,(H,17,20)/t12-,13+/m1/s1. The third-order valence-electron chi connectivity index (χ3n) is 4.36. The van der Waals surface area contributed by atoms with Gasteiger partial charge in [0.1, 0.15) is 0 Å². The number of benzene rings is 1. The van der Waals surface area contributed by atoms with Crippen molar-refractivity contribution < 1.29 is 4.79 Å². The average Bonchev–Trinajstić information content (AvgIpc) is 3.08. The fourth-order valence-corrected chi connectivity index (χ4v) is 4.29. The number of nitrogens with one attached hydrogen (secondary N) is 1. The van der Waals surface area contributed by atoms with Gasteiger partial charge >= 0.3 is 0 Å². The number of nitrogens with zero attached hydrogens (tertiary/aromatic N) is 2. The molecule has 2 aliphatic rings.